The first-order valence-corrected chi connectivity index (χ1v) is 23.0. The van der Waals surface area contributed by atoms with Gasteiger partial charge in [0.2, 0.25) is 0 Å². The summed E-state index contributed by atoms with van der Waals surface area (Å²) in [6.45, 7) is 0. The molecular weight excluding hydrogens is 1370 g/mol. The lowest BCUT2D eigenvalue weighted by Gasteiger charge is -2.58. The number of alkyl halides is 32. The lowest BCUT2D eigenvalue weighted by atomic mass is 9.97. The van der Waals surface area contributed by atoms with Crippen molar-refractivity contribution >= 4 is 383 Å². The van der Waals surface area contributed by atoms with E-state index in [0.717, 1.165) is 0 Å². The molecule has 299 valence electrons. The largest absolute Gasteiger partial charge is 0.189 e. The molecule has 0 unspecified atom stereocenters. The molecule has 0 aliphatic heterocycles. The highest BCUT2D eigenvalue weighted by molar-refractivity contribution is 6.85. The first-order valence-electron chi connectivity index (χ1n) is 10.5. The zero-order valence-corrected chi connectivity index (χ0v) is 45.9. The first-order chi connectivity index (χ1) is 20.9. The Morgan fingerprint density at radius 2 is 0.240 bits per heavy atom. The Morgan fingerprint density at radius 1 is 0.160 bits per heavy atom. The van der Waals surface area contributed by atoms with Gasteiger partial charge in [0.15, 0.2) is 69.3 Å². The molecule has 0 aromatic heterocycles. The van der Waals surface area contributed by atoms with Crippen LogP contribution in [0.5, 0.6) is 0 Å². The lowest BCUT2D eigenvalue weighted by molar-refractivity contribution is 0.400. The van der Waals surface area contributed by atoms with Gasteiger partial charge in [-0.2, -0.15) is 0 Å². The summed E-state index contributed by atoms with van der Waals surface area (Å²) in [6.07, 6.45) is 0. The van der Waals surface area contributed by atoms with Gasteiger partial charge >= 0.3 is 0 Å². The summed E-state index contributed by atoms with van der Waals surface area (Å²) in [4.78, 5) is 0. The first kappa shape index (κ1) is 57.6. The van der Waals surface area contributed by atoms with E-state index in [1.54, 1.807) is 0 Å². The van der Waals surface area contributed by atoms with Gasteiger partial charge in [-0.15, -0.1) is 11.6 Å². The van der Waals surface area contributed by atoms with Crippen molar-refractivity contribution in [3.63, 3.8) is 0 Å². The van der Waals surface area contributed by atoms with Gasteiger partial charge in [-0.1, -0.05) is 371 Å². The van der Waals surface area contributed by atoms with Crippen LogP contribution >= 0.6 is 383 Å². The monoisotopic (exact) mass is 1360 g/mol. The second-order valence-electron chi connectivity index (χ2n) is 9.50. The molecule has 1 aliphatic rings. The van der Waals surface area contributed by atoms with E-state index in [-0.39, 0.29) is 0 Å². The Balaban J connectivity index is 4.82. The van der Waals surface area contributed by atoms with E-state index in [1.165, 1.54) is 0 Å². The highest BCUT2D eigenvalue weighted by atomic mass is 35.6. The predicted molar refractivity (Wildman–Crippen MR) is 240 cm³/mol. The minimum absolute atomic E-state index is 1.43. The summed E-state index contributed by atoms with van der Waals surface area (Å²) in [5, 5.41) is -1.43. The van der Waals surface area contributed by atoms with Crippen molar-refractivity contribution in [3.05, 3.63) is 5.38 Å². The molecule has 0 spiro atoms. The summed E-state index contributed by atoms with van der Waals surface area (Å²) in [5.74, 6) is 0. The molecule has 0 bridgehead atoms. The van der Waals surface area contributed by atoms with Crippen molar-refractivity contribution in [2.45, 2.75) is 69.3 Å². The van der Waals surface area contributed by atoms with Crippen molar-refractivity contribution < 1.29 is 0 Å². The van der Waals surface area contributed by atoms with Gasteiger partial charge in [0.1, 0.15) is 5.38 Å². The molecule has 1 radical (unpaired) electrons. The molecule has 1 rings (SSSR count). The lowest BCUT2D eigenvalue weighted by Crippen LogP contribution is -2.75. The molecular formula is C17Cl33. The number of hydrogen-bond donors (Lipinski definition) is 0. The summed E-state index contributed by atoms with van der Waals surface area (Å²) >= 11 is 215. The highest BCUT2D eigenvalue weighted by Gasteiger charge is 2.89. The van der Waals surface area contributed by atoms with Crippen LogP contribution in [0.3, 0.4) is 0 Å². The molecule has 33 heteroatoms. The van der Waals surface area contributed by atoms with Gasteiger partial charge in [0.25, 0.3) is 0 Å². The highest BCUT2D eigenvalue weighted by Crippen LogP contribution is 2.79. The summed E-state index contributed by atoms with van der Waals surface area (Å²) in [7, 11) is 0. The maximum atomic E-state index is 6.54. The van der Waals surface area contributed by atoms with Gasteiger partial charge < -0.3 is 0 Å². The predicted octanol–water partition coefficient (Wildman–Crippen LogP) is 19.6. The smallest absolute Gasteiger partial charge is 0.110 e. The van der Waals surface area contributed by atoms with E-state index in [9.17, 15) is 0 Å². The van der Waals surface area contributed by atoms with Crippen molar-refractivity contribution in [3.8, 4) is 0 Å². The van der Waals surface area contributed by atoms with Crippen molar-refractivity contribution in [1.29, 1.82) is 0 Å². The van der Waals surface area contributed by atoms with Crippen molar-refractivity contribution in [1.82, 2.24) is 0 Å². The van der Waals surface area contributed by atoms with Gasteiger partial charge in [-0.05, 0) is 0 Å². The molecule has 0 aromatic rings. The third kappa shape index (κ3) is 7.52. The SMILES string of the molecule is Cl[C]1C(Cl)(Cl)C(Cl)(Cl)C(Cl)(Cl)C(Cl)(Cl)C(Cl)(Cl)C(Cl)(Cl)C(Cl)(Cl)C(Cl)(Cl)C(Cl)(Cl)C(Cl)(Cl)C(Cl)(Cl)C(Cl)(Cl)C(Cl)(Cl)C(Cl)(Cl)C(Cl)(Cl)C1(Cl)Cl. The molecule has 0 atom stereocenters. The Bertz CT molecular complexity index is 1200. The normalized spacial score (nSPS) is 33.8. The molecule has 1 fully saturated rings. The maximum Gasteiger partial charge on any atom is 0.189 e. The van der Waals surface area contributed by atoms with Crippen LogP contribution in [-0.2, 0) is 0 Å². The minimum Gasteiger partial charge on any atom is -0.110 e. The van der Waals surface area contributed by atoms with Crippen LogP contribution < -0.4 is 0 Å². The van der Waals surface area contributed by atoms with Crippen LogP contribution in [0, 0.1) is 5.38 Å². The third-order valence-corrected chi connectivity index (χ3v) is 31.0. The van der Waals surface area contributed by atoms with E-state index in [4.69, 9.17) is 383 Å². The van der Waals surface area contributed by atoms with Gasteiger partial charge in [0, 0.05) is 0 Å². The van der Waals surface area contributed by atoms with Gasteiger partial charge in [-0.3, -0.25) is 0 Å². The Hall–Kier alpha value is 9.57. The summed E-state index contributed by atoms with van der Waals surface area (Å²) < 4.78 is -56.5. The fourth-order valence-corrected chi connectivity index (χ4v) is 15.5. The van der Waals surface area contributed by atoms with E-state index in [1.807, 2.05) is 0 Å². The fraction of sp³-hybridized carbons (Fsp3) is 0.941. The van der Waals surface area contributed by atoms with E-state index in [0.29, 0.717) is 0 Å². The van der Waals surface area contributed by atoms with Crippen LogP contribution in [0.4, 0.5) is 0 Å². The van der Waals surface area contributed by atoms with Gasteiger partial charge in [-0.25, -0.2) is 0 Å². The maximum absolute atomic E-state index is 6.54. The molecule has 0 amide bonds. The fourth-order valence-electron chi connectivity index (χ4n) is 3.23. The third-order valence-electron chi connectivity index (χ3n) is 6.47. The average molecular weight is 1370 g/mol. The quantitative estimate of drug-likeness (QED) is 0.212. The van der Waals surface area contributed by atoms with Crippen LogP contribution in [0.15, 0.2) is 0 Å². The molecule has 0 nitrogen and oxygen atoms in total. The topological polar surface area (TPSA) is 0 Å². The van der Waals surface area contributed by atoms with Crippen molar-refractivity contribution in [2.24, 2.45) is 0 Å². The minimum atomic E-state index is -3.59. The Labute approximate surface area is 450 Å². The van der Waals surface area contributed by atoms with Crippen LogP contribution in [0.1, 0.15) is 0 Å². The van der Waals surface area contributed by atoms with E-state index >= 15 is 0 Å². The molecule has 0 saturated heterocycles. The number of halogens is 33. The number of hydrogen-bond acceptors (Lipinski definition) is 0. The molecule has 50 heavy (non-hydrogen) atoms. The standard InChI is InChI=1S/C17Cl33/c18-1-2(19,20)4(23,24)6(27,28)8(31,32)10(35,36)12(39,40)14(43,44)16(47,48)17(49,50)15(45,46)13(41,42)11(37,38)9(33,34)7(29,30)5(25,26)3(1,21)22. The molecule has 0 N–H and O–H groups in total. The summed E-state index contributed by atoms with van der Waals surface area (Å²) in [6, 6.07) is 0. The Kier molecular flexibility index (Phi) is 19.0. The van der Waals surface area contributed by atoms with Crippen molar-refractivity contribution in [2.75, 3.05) is 0 Å². The summed E-state index contributed by atoms with van der Waals surface area (Å²) in [5.41, 5.74) is 0. The second kappa shape index (κ2) is 16.5. The van der Waals surface area contributed by atoms with E-state index < -0.39 is 74.7 Å². The Morgan fingerprint density at radius 3 is 0.340 bits per heavy atom. The van der Waals surface area contributed by atoms with Crippen LogP contribution in [0.2, 0.25) is 0 Å². The zero-order valence-electron chi connectivity index (χ0n) is 21.0. The average Bonchev–Trinajstić information content (AvgIpc) is 2.90. The van der Waals surface area contributed by atoms with Crippen LogP contribution in [0.25, 0.3) is 0 Å². The second-order valence-corrected chi connectivity index (χ2v) is 31.1. The van der Waals surface area contributed by atoms with E-state index in [2.05, 4.69) is 0 Å². The number of rotatable bonds is 0. The molecule has 0 heterocycles. The molecule has 0 aromatic carbocycles. The van der Waals surface area contributed by atoms with Gasteiger partial charge in [0.05, 0.1) is 0 Å². The molecule has 1 aliphatic carbocycles. The molecule has 1 saturated carbocycles. The zero-order chi connectivity index (χ0) is 41.6. The van der Waals surface area contributed by atoms with Crippen LogP contribution in [-0.4, -0.2) is 69.3 Å².